The van der Waals surface area contributed by atoms with Gasteiger partial charge in [-0.2, -0.15) is 0 Å². The Bertz CT molecular complexity index is 528. The molecule has 5 heteroatoms. The molecule has 2 heterocycles. The maximum atomic E-state index is 12.7. The SMILES string of the molecule is COc1ccccc1N1CC[C@H](N[C@@H](C)[C@H]2CCCO2)C1=O. The van der Waals surface area contributed by atoms with Crippen molar-refractivity contribution < 1.29 is 14.3 Å². The summed E-state index contributed by atoms with van der Waals surface area (Å²) in [6, 6.07) is 7.73. The first-order chi connectivity index (χ1) is 10.7. The second-order valence-corrected chi connectivity index (χ2v) is 6.01. The predicted molar refractivity (Wildman–Crippen MR) is 85.3 cm³/mol. The summed E-state index contributed by atoms with van der Waals surface area (Å²) in [5.74, 6) is 0.859. The van der Waals surface area contributed by atoms with E-state index in [1.165, 1.54) is 0 Å². The highest BCUT2D eigenvalue weighted by atomic mass is 16.5. The normalized spacial score (nSPS) is 26.5. The molecule has 0 unspecified atom stereocenters. The average Bonchev–Trinajstić information content (AvgIpc) is 3.18. The van der Waals surface area contributed by atoms with Crippen molar-refractivity contribution in [3.05, 3.63) is 24.3 Å². The Balaban J connectivity index is 1.66. The van der Waals surface area contributed by atoms with Crippen LogP contribution in [0.4, 0.5) is 5.69 Å². The monoisotopic (exact) mass is 304 g/mol. The van der Waals surface area contributed by atoms with Crippen LogP contribution in [0.3, 0.4) is 0 Å². The van der Waals surface area contributed by atoms with E-state index in [-0.39, 0.29) is 24.1 Å². The lowest BCUT2D eigenvalue weighted by molar-refractivity contribution is -0.119. The van der Waals surface area contributed by atoms with Gasteiger partial charge < -0.3 is 19.7 Å². The topological polar surface area (TPSA) is 50.8 Å². The van der Waals surface area contributed by atoms with E-state index in [4.69, 9.17) is 9.47 Å². The lowest BCUT2D eigenvalue weighted by Gasteiger charge is -2.24. The van der Waals surface area contributed by atoms with Crippen LogP contribution in [0.2, 0.25) is 0 Å². The standard InChI is InChI=1S/C17H24N2O3/c1-12(15-8-5-11-22-15)18-13-9-10-19(17(13)20)14-6-3-4-7-16(14)21-2/h3-4,6-7,12-13,15,18H,5,8-11H2,1-2H3/t12-,13-,15+/m0/s1. The minimum atomic E-state index is -0.135. The average molecular weight is 304 g/mol. The van der Waals surface area contributed by atoms with Crippen LogP contribution in [0.1, 0.15) is 26.2 Å². The van der Waals surface area contributed by atoms with E-state index >= 15 is 0 Å². The van der Waals surface area contributed by atoms with Crippen molar-refractivity contribution in [3.8, 4) is 5.75 Å². The number of nitrogens with zero attached hydrogens (tertiary/aromatic N) is 1. The fraction of sp³-hybridized carbons (Fsp3) is 0.588. The molecule has 0 aliphatic carbocycles. The van der Waals surface area contributed by atoms with E-state index in [0.29, 0.717) is 0 Å². The Morgan fingerprint density at radius 1 is 1.36 bits per heavy atom. The molecule has 3 atom stereocenters. The fourth-order valence-corrected chi connectivity index (χ4v) is 3.35. The molecular weight excluding hydrogens is 280 g/mol. The number of para-hydroxylation sites is 2. The minimum absolute atomic E-state index is 0.120. The molecule has 0 radical (unpaired) electrons. The zero-order chi connectivity index (χ0) is 15.5. The molecule has 0 saturated carbocycles. The van der Waals surface area contributed by atoms with Crippen molar-refractivity contribution in [2.24, 2.45) is 0 Å². The first kappa shape index (κ1) is 15.3. The molecule has 5 nitrogen and oxygen atoms in total. The van der Waals surface area contributed by atoms with Crippen LogP contribution in [-0.4, -0.2) is 44.4 Å². The van der Waals surface area contributed by atoms with Crippen LogP contribution in [0.5, 0.6) is 5.75 Å². The summed E-state index contributed by atoms with van der Waals surface area (Å²) >= 11 is 0. The first-order valence-corrected chi connectivity index (χ1v) is 8.02. The van der Waals surface area contributed by atoms with E-state index in [2.05, 4.69) is 12.2 Å². The highest BCUT2D eigenvalue weighted by Gasteiger charge is 2.36. The minimum Gasteiger partial charge on any atom is -0.495 e. The van der Waals surface area contributed by atoms with Gasteiger partial charge in [-0.25, -0.2) is 0 Å². The van der Waals surface area contributed by atoms with Crippen LogP contribution in [-0.2, 0) is 9.53 Å². The third-order valence-electron chi connectivity index (χ3n) is 4.57. The smallest absolute Gasteiger partial charge is 0.244 e. The lowest BCUT2D eigenvalue weighted by atomic mass is 10.1. The number of hydrogen-bond acceptors (Lipinski definition) is 4. The molecule has 0 spiro atoms. The summed E-state index contributed by atoms with van der Waals surface area (Å²) in [5, 5.41) is 3.45. The van der Waals surface area contributed by atoms with Gasteiger partial charge >= 0.3 is 0 Å². The Labute approximate surface area is 131 Å². The molecule has 22 heavy (non-hydrogen) atoms. The van der Waals surface area contributed by atoms with E-state index in [0.717, 1.165) is 43.9 Å². The fourth-order valence-electron chi connectivity index (χ4n) is 3.35. The number of carbonyl (C=O) groups is 1. The number of ether oxygens (including phenoxy) is 2. The predicted octanol–water partition coefficient (Wildman–Crippen LogP) is 1.96. The van der Waals surface area contributed by atoms with Gasteiger partial charge in [0, 0.05) is 19.2 Å². The molecule has 1 aromatic rings. The Hall–Kier alpha value is -1.59. The van der Waals surface area contributed by atoms with Crippen molar-refractivity contribution in [3.63, 3.8) is 0 Å². The maximum Gasteiger partial charge on any atom is 0.244 e. The van der Waals surface area contributed by atoms with Gasteiger partial charge in [0.25, 0.3) is 0 Å². The number of hydrogen-bond donors (Lipinski definition) is 1. The van der Waals surface area contributed by atoms with Crippen LogP contribution in [0, 0.1) is 0 Å². The summed E-state index contributed by atoms with van der Waals surface area (Å²) in [5.41, 5.74) is 0.851. The van der Waals surface area contributed by atoms with Crippen LogP contribution >= 0.6 is 0 Å². The highest BCUT2D eigenvalue weighted by molar-refractivity contribution is 6.00. The third kappa shape index (κ3) is 2.96. The van der Waals surface area contributed by atoms with Gasteiger partial charge in [0.2, 0.25) is 5.91 Å². The summed E-state index contributed by atoms with van der Waals surface area (Å²) < 4.78 is 11.1. The first-order valence-electron chi connectivity index (χ1n) is 8.02. The van der Waals surface area contributed by atoms with Crippen molar-refractivity contribution in [2.75, 3.05) is 25.2 Å². The van der Waals surface area contributed by atoms with Gasteiger partial charge in [-0.3, -0.25) is 4.79 Å². The van der Waals surface area contributed by atoms with Crippen LogP contribution in [0.25, 0.3) is 0 Å². The highest BCUT2D eigenvalue weighted by Crippen LogP contribution is 2.31. The van der Waals surface area contributed by atoms with Gasteiger partial charge in [-0.15, -0.1) is 0 Å². The molecule has 0 bridgehead atoms. The van der Waals surface area contributed by atoms with Crippen LogP contribution in [0.15, 0.2) is 24.3 Å². The summed E-state index contributed by atoms with van der Waals surface area (Å²) in [7, 11) is 1.63. The zero-order valence-corrected chi connectivity index (χ0v) is 13.2. The van der Waals surface area contributed by atoms with Gasteiger partial charge in [-0.1, -0.05) is 12.1 Å². The van der Waals surface area contributed by atoms with Gasteiger partial charge in [0.15, 0.2) is 0 Å². The number of methoxy groups -OCH3 is 1. The third-order valence-corrected chi connectivity index (χ3v) is 4.57. The summed E-state index contributed by atoms with van der Waals surface area (Å²) in [4.78, 5) is 14.5. The Morgan fingerprint density at radius 2 is 2.18 bits per heavy atom. The lowest BCUT2D eigenvalue weighted by Crippen LogP contribution is -2.47. The van der Waals surface area contributed by atoms with Crippen molar-refractivity contribution >= 4 is 11.6 Å². The number of nitrogens with one attached hydrogen (secondary N) is 1. The zero-order valence-electron chi connectivity index (χ0n) is 13.2. The molecule has 1 N–H and O–H groups in total. The van der Waals surface area contributed by atoms with E-state index in [9.17, 15) is 4.79 Å². The van der Waals surface area contributed by atoms with E-state index in [1.807, 2.05) is 29.2 Å². The largest absolute Gasteiger partial charge is 0.495 e. The van der Waals surface area contributed by atoms with Crippen molar-refractivity contribution in [2.45, 2.75) is 44.4 Å². The summed E-state index contributed by atoms with van der Waals surface area (Å²) in [6.07, 6.45) is 3.23. The number of carbonyl (C=O) groups excluding carboxylic acids is 1. The second kappa shape index (κ2) is 6.67. The van der Waals surface area contributed by atoms with Gasteiger partial charge in [0.1, 0.15) is 5.75 Å². The Kier molecular flexibility index (Phi) is 4.64. The van der Waals surface area contributed by atoms with Gasteiger partial charge in [-0.05, 0) is 38.3 Å². The summed E-state index contributed by atoms with van der Waals surface area (Å²) in [6.45, 7) is 3.66. The second-order valence-electron chi connectivity index (χ2n) is 6.01. The molecule has 2 aliphatic heterocycles. The molecule has 0 aromatic heterocycles. The number of amides is 1. The number of benzene rings is 1. The van der Waals surface area contributed by atoms with Crippen LogP contribution < -0.4 is 15.0 Å². The van der Waals surface area contributed by atoms with E-state index < -0.39 is 0 Å². The maximum absolute atomic E-state index is 12.7. The molecule has 120 valence electrons. The Morgan fingerprint density at radius 3 is 2.91 bits per heavy atom. The quantitative estimate of drug-likeness (QED) is 0.903. The molecule has 2 saturated heterocycles. The molecule has 1 amide bonds. The van der Waals surface area contributed by atoms with Crippen molar-refractivity contribution in [1.82, 2.24) is 5.32 Å². The molecule has 2 fully saturated rings. The number of anilines is 1. The van der Waals surface area contributed by atoms with E-state index in [1.54, 1.807) is 7.11 Å². The molecular formula is C17H24N2O3. The molecule has 3 rings (SSSR count). The van der Waals surface area contributed by atoms with Crippen molar-refractivity contribution in [1.29, 1.82) is 0 Å². The number of rotatable bonds is 5. The molecule has 1 aromatic carbocycles. The molecule has 2 aliphatic rings. The van der Waals surface area contributed by atoms with Gasteiger partial charge in [0.05, 0.1) is 24.9 Å².